The molecule has 0 aromatic rings. The number of aliphatic hydroxyl groups excluding tert-OH is 2. The smallest absolute Gasteiger partial charge is 0.421 e. The number of hydrogen-bond donors (Lipinski definition) is 4. The van der Waals surface area contributed by atoms with E-state index in [1.54, 1.807) is 11.6 Å². The summed E-state index contributed by atoms with van der Waals surface area (Å²) in [7, 11) is -4.19. The maximum absolute atomic E-state index is 11.5. The lowest BCUT2D eigenvalue weighted by Gasteiger charge is -2.28. The predicted octanol–water partition coefficient (Wildman–Crippen LogP) is -1.30. The van der Waals surface area contributed by atoms with Crippen LogP contribution >= 0.6 is 0 Å². The maximum Gasteiger partial charge on any atom is 0.421 e. The van der Waals surface area contributed by atoms with Crippen LogP contribution < -0.4 is 9.44 Å². The van der Waals surface area contributed by atoms with E-state index in [0.29, 0.717) is 0 Å². The van der Waals surface area contributed by atoms with E-state index >= 15 is 0 Å². The molecule has 9 heteroatoms. The van der Waals surface area contributed by atoms with Gasteiger partial charge in [0.05, 0.1) is 25.4 Å². The highest BCUT2D eigenvalue weighted by Crippen LogP contribution is 2.09. The topological polar surface area (TPSA) is 125 Å². The van der Waals surface area contributed by atoms with Gasteiger partial charge in [-0.05, 0) is 13.3 Å². The van der Waals surface area contributed by atoms with Crippen LogP contribution in [0.1, 0.15) is 20.3 Å². The van der Waals surface area contributed by atoms with Gasteiger partial charge in [0.25, 0.3) is 0 Å². The molecule has 0 bridgehead atoms. The third-order valence-corrected chi connectivity index (χ3v) is 3.26. The number of ether oxygens (including phenoxy) is 1. The van der Waals surface area contributed by atoms with E-state index in [1.165, 1.54) is 6.92 Å². The number of carbonyl (C=O) groups excluding carboxylic acids is 1. The first-order valence-corrected chi connectivity index (χ1v) is 6.53. The van der Waals surface area contributed by atoms with Crippen molar-refractivity contribution in [1.82, 2.24) is 9.44 Å². The van der Waals surface area contributed by atoms with Gasteiger partial charge < -0.3 is 14.9 Å². The average molecular weight is 270 g/mol. The second kappa shape index (κ2) is 6.74. The molecule has 0 aliphatic heterocycles. The molecular weight excluding hydrogens is 252 g/mol. The van der Waals surface area contributed by atoms with Gasteiger partial charge in [0, 0.05) is 0 Å². The summed E-state index contributed by atoms with van der Waals surface area (Å²) in [5.41, 5.74) is -1.40. The molecule has 0 atom stereocenters. The summed E-state index contributed by atoms with van der Waals surface area (Å²) >= 11 is 0. The molecule has 0 rings (SSSR count). The molecule has 17 heavy (non-hydrogen) atoms. The first-order chi connectivity index (χ1) is 7.84. The van der Waals surface area contributed by atoms with Crippen LogP contribution in [0, 0.1) is 0 Å². The van der Waals surface area contributed by atoms with Gasteiger partial charge in [-0.25, -0.2) is 9.52 Å². The minimum atomic E-state index is -4.19. The standard InChI is InChI=1S/C8H18N2O6S/c1-3-8(5-11,6-12)10-17(14,15)9-7(13)16-4-2/h10-12H,3-6H2,1-2H3,(H,9,13). The van der Waals surface area contributed by atoms with Crippen molar-refractivity contribution in [2.24, 2.45) is 0 Å². The van der Waals surface area contributed by atoms with Gasteiger partial charge in [0.1, 0.15) is 0 Å². The molecule has 0 unspecified atom stereocenters. The van der Waals surface area contributed by atoms with Crippen LogP contribution in [0.4, 0.5) is 4.79 Å². The normalized spacial score (nSPS) is 12.2. The molecule has 0 aliphatic carbocycles. The Kier molecular flexibility index (Phi) is 6.39. The number of hydrogen-bond acceptors (Lipinski definition) is 6. The minimum absolute atomic E-state index is 0.0280. The van der Waals surface area contributed by atoms with Crippen LogP contribution in [0.3, 0.4) is 0 Å². The molecule has 102 valence electrons. The third kappa shape index (κ3) is 5.31. The lowest BCUT2D eigenvalue weighted by Crippen LogP contribution is -2.57. The van der Waals surface area contributed by atoms with E-state index in [2.05, 4.69) is 4.74 Å². The van der Waals surface area contributed by atoms with E-state index in [0.717, 1.165) is 0 Å². The Labute approximate surface area is 100 Å². The van der Waals surface area contributed by atoms with Gasteiger partial charge in [-0.3, -0.25) is 0 Å². The number of rotatable bonds is 7. The highest BCUT2D eigenvalue weighted by Gasteiger charge is 2.32. The summed E-state index contributed by atoms with van der Waals surface area (Å²) in [4.78, 5) is 10.9. The second-order valence-corrected chi connectivity index (χ2v) is 4.79. The van der Waals surface area contributed by atoms with Crippen molar-refractivity contribution >= 4 is 16.3 Å². The lowest BCUT2D eigenvalue weighted by molar-refractivity contribution is 0.105. The van der Waals surface area contributed by atoms with Gasteiger partial charge in [-0.2, -0.15) is 13.1 Å². The first kappa shape index (κ1) is 16.1. The Morgan fingerprint density at radius 2 is 1.82 bits per heavy atom. The molecule has 0 saturated carbocycles. The van der Waals surface area contributed by atoms with E-state index in [1.807, 2.05) is 4.72 Å². The lowest BCUT2D eigenvalue weighted by atomic mass is 10.0. The van der Waals surface area contributed by atoms with Crippen molar-refractivity contribution in [1.29, 1.82) is 0 Å². The van der Waals surface area contributed by atoms with E-state index in [-0.39, 0.29) is 13.0 Å². The van der Waals surface area contributed by atoms with Crippen molar-refractivity contribution in [3.63, 3.8) is 0 Å². The molecule has 0 aromatic carbocycles. The average Bonchev–Trinajstić information content (AvgIpc) is 2.25. The molecular formula is C8H18N2O6S. The summed E-state index contributed by atoms with van der Waals surface area (Å²) in [6.45, 7) is 1.95. The van der Waals surface area contributed by atoms with Gasteiger partial charge >= 0.3 is 16.3 Å². The summed E-state index contributed by atoms with van der Waals surface area (Å²) in [5, 5.41) is 18.1. The Balaban J connectivity index is 4.68. The largest absolute Gasteiger partial charge is 0.449 e. The zero-order valence-electron chi connectivity index (χ0n) is 9.76. The van der Waals surface area contributed by atoms with Crippen LogP contribution in [0.5, 0.6) is 0 Å². The molecule has 0 fully saturated rings. The number of carbonyl (C=O) groups is 1. The fraction of sp³-hybridized carbons (Fsp3) is 0.875. The second-order valence-electron chi connectivity index (χ2n) is 3.38. The number of nitrogens with one attached hydrogen (secondary N) is 2. The van der Waals surface area contributed by atoms with Crippen molar-refractivity contribution in [2.45, 2.75) is 25.8 Å². The van der Waals surface area contributed by atoms with Crippen molar-refractivity contribution in [3.05, 3.63) is 0 Å². The molecule has 0 spiro atoms. The van der Waals surface area contributed by atoms with E-state index < -0.39 is 35.1 Å². The minimum Gasteiger partial charge on any atom is -0.449 e. The van der Waals surface area contributed by atoms with Crippen molar-refractivity contribution in [3.8, 4) is 0 Å². The van der Waals surface area contributed by atoms with Gasteiger partial charge in [-0.15, -0.1) is 0 Å². The Hall–Kier alpha value is -0.900. The predicted molar refractivity (Wildman–Crippen MR) is 59.4 cm³/mol. The monoisotopic (exact) mass is 270 g/mol. The molecule has 0 aliphatic rings. The molecule has 0 saturated heterocycles. The quantitative estimate of drug-likeness (QED) is 0.455. The number of amides is 1. The molecule has 4 N–H and O–H groups in total. The summed E-state index contributed by atoms with van der Waals surface area (Å²) < 4.78 is 30.9. The van der Waals surface area contributed by atoms with Crippen LogP contribution in [0.15, 0.2) is 0 Å². The molecule has 0 radical (unpaired) electrons. The first-order valence-electron chi connectivity index (χ1n) is 5.05. The summed E-state index contributed by atoms with van der Waals surface area (Å²) in [6.07, 6.45) is -0.968. The Bertz CT molecular complexity index is 330. The van der Waals surface area contributed by atoms with E-state index in [4.69, 9.17) is 10.2 Å². The van der Waals surface area contributed by atoms with Gasteiger partial charge in [0.15, 0.2) is 0 Å². The fourth-order valence-corrected chi connectivity index (χ4v) is 2.16. The van der Waals surface area contributed by atoms with Crippen LogP contribution in [0.25, 0.3) is 0 Å². The zero-order valence-corrected chi connectivity index (χ0v) is 10.6. The summed E-state index contributed by atoms with van der Waals surface area (Å²) in [5.74, 6) is 0. The zero-order chi connectivity index (χ0) is 13.5. The third-order valence-electron chi connectivity index (χ3n) is 2.13. The Morgan fingerprint density at radius 1 is 1.29 bits per heavy atom. The van der Waals surface area contributed by atoms with Crippen LogP contribution in [-0.4, -0.2) is 50.1 Å². The fourth-order valence-electron chi connectivity index (χ4n) is 0.991. The van der Waals surface area contributed by atoms with Gasteiger partial charge in [0.2, 0.25) is 0 Å². The van der Waals surface area contributed by atoms with E-state index in [9.17, 15) is 13.2 Å². The van der Waals surface area contributed by atoms with Crippen LogP contribution in [0.2, 0.25) is 0 Å². The van der Waals surface area contributed by atoms with Gasteiger partial charge in [-0.1, -0.05) is 6.92 Å². The molecule has 0 heterocycles. The Morgan fingerprint density at radius 3 is 2.18 bits per heavy atom. The van der Waals surface area contributed by atoms with Crippen molar-refractivity contribution < 1.29 is 28.2 Å². The molecule has 1 amide bonds. The SMILES string of the molecule is CCOC(=O)NS(=O)(=O)NC(CC)(CO)CO. The van der Waals surface area contributed by atoms with Crippen LogP contribution in [-0.2, 0) is 14.9 Å². The molecule has 0 aromatic heterocycles. The summed E-state index contributed by atoms with van der Waals surface area (Å²) in [6, 6.07) is 0. The number of aliphatic hydroxyl groups is 2. The highest BCUT2D eigenvalue weighted by molar-refractivity contribution is 7.88. The highest BCUT2D eigenvalue weighted by atomic mass is 32.2. The van der Waals surface area contributed by atoms with Crippen molar-refractivity contribution in [2.75, 3.05) is 19.8 Å². The maximum atomic E-state index is 11.5. The molecule has 8 nitrogen and oxygen atoms in total.